The first-order valence-electron chi connectivity index (χ1n) is 6.81. The van der Waals surface area contributed by atoms with Crippen LogP contribution in [-0.2, 0) is 0 Å². The van der Waals surface area contributed by atoms with E-state index in [1.165, 1.54) is 12.1 Å². The third-order valence-electron chi connectivity index (χ3n) is 3.29. The fourth-order valence-corrected chi connectivity index (χ4v) is 2.26. The third kappa shape index (κ3) is 4.10. The SMILES string of the molecule is Cc1cc([N+](=O)[O-])ccc1NC(=S)NC(=O)c1ccccc1C. The van der Waals surface area contributed by atoms with Gasteiger partial charge >= 0.3 is 0 Å². The molecule has 0 unspecified atom stereocenters. The Morgan fingerprint density at radius 1 is 1.13 bits per heavy atom. The Kier molecular flexibility index (Phi) is 5.02. The van der Waals surface area contributed by atoms with Crippen molar-refractivity contribution in [3.8, 4) is 0 Å². The summed E-state index contributed by atoms with van der Waals surface area (Å²) in [6.07, 6.45) is 0. The zero-order valence-electron chi connectivity index (χ0n) is 12.6. The van der Waals surface area contributed by atoms with Crippen molar-refractivity contribution in [2.75, 3.05) is 5.32 Å². The van der Waals surface area contributed by atoms with Gasteiger partial charge in [0.25, 0.3) is 11.6 Å². The molecule has 0 spiro atoms. The molecule has 2 rings (SSSR count). The van der Waals surface area contributed by atoms with E-state index >= 15 is 0 Å². The van der Waals surface area contributed by atoms with E-state index in [2.05, 4.69) is 10.6 Å². The predicted octanol–water partition coefficient (Wildman–Crippen LogP) is 3.34. The molecule has 0 aliphatic rings. The summed E-state index contributed by atoms with van der Waals surface area (Å²) in [5.74, 6) is -0.305. The van der Waals surface area contributed by atoms with Gasteiger partial charge in [0.05, 0.1) is 4.92 Å². The molecule has 6 nitrogen and oxygen atoms in total. The molecule has 2 aromatic carbocycles. The Balaban J connectivity index is 2.07. The number of benzene rings is 2. The Bertz CT molecular complexity index is 790. The van der Waals surface area contributed by atoms with Crippen molar-refractivity contribution >= 4 is 34.6 Å². The standard InChI is InChI=1S/C16H15N3O3S/c1-10-5-3-4-6-13(10)15(20)18-16(23)17-14-8-7-12(19(21)22)9-11(14)2/h3-9H,1-2H3,(H2,17,18,20,23). The molecule has 2 N–H and O–H groups in total. The van der Waals surface area contributed by atoms with Gasteiger partial charge in [0, 0.05) is 23.4 Å². The summed E-state index contributed by atoms with van der Waals surface area (Å²) in [5.41, 5.74) is 2.65. The number of nitrogens with zero attached hydrogens (tertiary/aromatic N) is 1. The fraction of sp³-hybridized carbons (Fsp3) is 0.125. The minimum absolute atomic E-state index is 0.00270. The highest BCUT2D eigenvalue weighted by Crippen LogP contribution is 2.21. The van der Waals surface area contributed by atoms with Crippen LogP contribution in [0.4, 0.5) is 11.4 Å². The molecule has 118 valence electrons. The van der Waals surface area contributed by atoms with E-state index < -0.39 is 4.92 Å². The number of non-ortho nitro benzene ring substituents is 1. The molecule has 0 bridgehead atoms. The number of nitro benzene ring substituents is 1. The van der Waals surface area contributed by atoms with E-state index in [4.69, 9.17) is 12.2 Å². The van der Waals surface area contributed by atoms with Crippen molar-refractivity contribution in [2.45, 2.75) is 13.8 Å². The lowest BCUT2D eigenvalue weighted by Crippen LogP contribution is -2.34. The van der Waals surface area contributed by atoms with Gasteiger partial charge in [-0.1, -0.05) is 18.2 Å². The van der Waals surface area contributed by atoms with Crippen LogP contribution < -0.4 is 10.6 Å². The number of amides is 1. The van der Waals surface area contributed by atoms with Crippen molar-refractivity contribution in [3.63, 3.8) is 0 Å². The topological polar surface area (TPSA) is 84.3 Å². The molecule has 0 aliphatic heterocycles. The van der Waals surface area contributed by atoms with E-state index in [9.17, 15) is 14.9 Å². The summed E-state index contributed by atoms with van der Waals surface area (Å²) in [4.78, 5) is 22.4. The average Bonchev–Trinajstić information content (AvgIpc) is 2.49. The number of rotatable bonds is 3. The number of aryl methyl sites for hydroxylation is 2. The van der Waals surface area contributed by atoms with Gasteiger partial charge in [0.2, 0.25) is 0 Å². The molecule has 1 amide bonds. The Labute approximate surface area is 138 Å². The summed E-state index contributed by atoms with van der Waals surface area (Å²) in [6.45, 7) is 3.56. The van der Waals surface area contributed by atoms with Crippen molar-refractivity contribution in [1.29, 1.82) is 0 Å². The molecule has 7 heteroatoms. The van der Waals surface area contributed by atoms with Gasteiger partial charge in [-0.05, 0) is 49.3 Å². The van der Waals surface area contributed by atoms with Crippen molar-refractivity contribution in [2.24, 2.45) is 0 Å². The summed E-state index contributed by atoms with van der Waals surface area (Å²) in [7, 11) is 0. The second kappa shape index (κ2) is 6.97. The third-order valence-corrected chi connectivity index (χ3v) is 3.49. The van der Waals surface area contributed by atoms with Crippen LogP contribution in [-0.4, -0.2) is 15.9 Å². The van der Waals surface area contributed by atoms with E-state index in [-0.39, 0.29) is 16.7 Å². The van der Waals surface area contributed by atoms with Gasteiger partial charge in [0.15, 0.2) is 5.11 Å². The van der Waals surface area contributed by atoms with Gasteiger partial charge in [-0.25, -0.2) is 0 Å². The van der Waals surface area contributed by atoms with Gasteiger partial charge in [0.1, 0.15) is 0 Å². The predicted molar refractivity (Wildman–Crippen MR) is 92.7 cm³/mol. The van der Waals surface area contributed by atoms with E-state index in [1.54, 1.807) is 25.1 Å². The van der Waals surface area contributed by atoms with Crippen molar-refractivity contribution in [3.05, 3.63) is 69.3 Å². The lowest BCUT2D eigenvalue weighted by atomic mass is 10.1. The molecule has 0 heterocycles. The van der Waals surface area contributed by atoms with Gasteiger partial charge in [-0.3, -0.25) is 20.2 Å². The maximum atomic E-state index is 12.2. The zero-order valence-corrected chi connectivity index (χ0v) is 13.4. The van der Waals surface area contributed by atoms with Crippen LogP contribution in [0.2, 0.25) is 0 Å². The Hall–Kier alpha value is -2.80. The number of nitro groups is 1. The van der Waals surface area contributed by atoms with Crippen LogP contribution in [0, 0.1) is 24.0 Å². The minimum Gasteiger partial charge on any atom is -0.332 e. The van der Waals surface area contributed by atoms with Crippen LogP contribution in [0.25, 0.3) is 0 Å². The lowest BCUT2D eigenvalue weighted by molar-refractivity contribution is -0.384. The first-order chi connectivity index (χ1) is 10.9. The second-order valence-electron chi connectivity index (χ2n) is 4.98. The van der Waals surface area contributed by atoms with Gasteiger partial charge in [-0.15, -0.1) is 0 Å². The van der Waals surface area contributed by atoms with Crippen LogP contribution in [0.3, 0.4) is 0 Å². The molecule has 0 saturated carbocycles. The molecule has 0 radical (unpaired) electrons. The molecular weight excluding hydrogens is 314 g/mol. The molecule has 2 aromatic rings. The Morgan fingerprint density at radius 3 is 2.43 bits per heavy atom. The smallest absolute Gasteiger partial charge is 0.269 e. The molecular formula is C16H15N3O3S. The average molecular weight is 329 g/mol. The Morgan fingerprint density at radius 2 is 1.83 bits per heavy atom. The first-order valence-corrected chi connectivity index (χ1v) is 7.22. The number of thiocarbonyl (C=S) groups is 1. The number of hydrogen-bond acceptors (Lipinski definition) is 4. The first kappa shape index (κ1) is 16.6. The molecule has 0 saturated heterocycles. The highest BCUT2D eigenvalue weighted by molar-refractivity contribution is 7.80. The second-order valence-corrected chi connectivity index (χ2v) is 5.39. The minimum atomic E-state index is -0.463. The van der Waals surface area contributed by atoms with E-state index in [1.807, 2.05) is 19.1 Å². The molecule has 0 fully saturated rings. The zero-order chi connectivity index (χ0) is 17.0. The highest BCUT2D eigenvalue weighted by atomic mass is 32.1. The summed E-state index contributed by atoms with van der Waals surface area (Å²) in [5, 5.41) is 16.3. The van der Waals surface area contributed by atoms with E-state index in [0.717, 1.165) is 5.56 Å². The van der Waals surface area contributed by atoms with Gasteiger partial charge < -0.3 is 5.32 Å². The largest absolute Gasteiger partial charge is 0.332 e. The lowest BCUT2D eigenvalue weighted by Gasteiger charge is -2.12. The summed E-state index contributed by atoms with van der Waals surface area (Å²) < 4.78 is 0. The van der Waals surface area contributed by atoms with E-state index in [0.29, 0.717) is 16.8 Å². The van der Waals surface area contributed by atoms with Crippen molar-refractivity contribution < 1.29 is 9.72 Å². The number of nitrogens with one attached hydrogen (secondary N) is 2. The van der Waals surface area contributed by atoms with Crippen LogP contribution in [0.5, 0.6) is 0 Å². The van der Waals surface area contributed by atoms with Crippen molar-refractivity contribution in [1.82, 2.24) is 5.32 Å². The quantitative estimate of drug-likeness (QED) is 0.512. The summed E-state index contributed by atoms with van der Waals surface area (Å²) >= 11 is 5.12. The highest BCUT2D eigenvalue weighted by Gasteiger charge is 2.12. The van der Waals surface area contributed by atoms with Crippen LogP contribution >= 0.6 is 12.2 Å². The van der Waals surface area contributed by atoms with Gasteiger partial charge in [-0.2, -0.15) is 0 Å². The molecule has 23 heavy (non-hydrogen) atoms. The number of hydrogen-bond donors (Lipinski definition) is 2. The number of carbonyl (C=O) groups is 1. The molecule has 0 atom stereocenters. The maximum Gasteiger partial charge on any atom is 0.269 e. The molecule has 0 aromatic heterocycles. The molecule has 0 aliphatic carbocycles. The normalized spacial score (nSPS) is 10.0. The maximum absolute atomic E-state index is 12.2. The summed E-state index contributed by atoms with van der Waals surface area (Å²) in [6, 6.07) is 11.5. The number of carbonyl (C=O) groups excluding carboxylic acids is 1. The monoisotopic (exact) mass is 329 g/mol. The van der Waals surface area contributed by atoms with Crippen LogP contribution in [0.1, 0.15) is 21.5 Å². The number of anilines is 1. The van der Waals surface area contributed by atoms with Crippen LogP contribution in [0.15, 0.2) is 42.5 Å². The fourth-order valence-electron chi connectivity index (χ4n) is 2.05.